The molecular formula is C24H32N2O3. The van der Waals surface area contributed by atoms with Gasteiger partial charge in [-0.2, -0.15) is 0 Å². The molecule has 1 unspecified atom stereocenters. The van der Waals surface area contributed by atoms with Gasteiger partial charge in [-0.3, -0.25) is 9.59 Å². The number of amides is 2. The number of ether oxygens (including phenoxy) is 1. The third-order valence-electron chi connectivity index (χ3n) is 5.84. The molecule has 1 heterocycles. The van der Waals surface area contributed by atoms with Crippen LogP contribution in [0.4, 0.5) is 0 Å². The minimum atomic E-state index is -0.372. The molecule has 2 amide bonds. The lowest BCUT2D eigenvalue weighted by Gasteiger charge is -2.31. The standard InChI is InChI=1S/C24H32N2O3/c1-17(2)16-26(3)23(28)12-14-24(13-11-22(27)25-24)15-18-9-10-21(29-4)20-8-6-5-7-19(18)20/h5-10,17H,11-16H2,1-4H3,(H,25,27). The highest BCUT2D eigenvalue weighted by Crippen LogP contribution is 2.35. The summed E-state index contributed by atoms with van der Waals surface area (Å²) in [6, 6.07) is 12.3. The summed E-state index contributed by atoms with van der Waals surface area (Å²) in [6.07, 6.45) is 3.08. The Hall–Kier alpha value is -2.56. The van der Waals surface area contributed by atoms with Crippen molar-refractivity contribution in [1.29, 1.82) is 0 Å². The van der Waals surface area contributed by atoms with Gasteiger partial charge in [0.15, 0.2) is 0 Å². The van der Waals surface area contributed by atoms with Crippen LogP contribution in [0.1, 0.15) is 45.1 Å². The topological polar surface area (TPSA) is 58.6 Å². The first kappa shape index (κ1) is 21.2. The third-order valence-corrected chi connectivity index (χ3v) is 5.84. The summed E-state index contributed by atoms with van der Waals surface area (Å²) >= 11 is 0. The summed E-state index contributed by atoms with van der Waals surface area (Å²) in [6.45, 7) is 4.97. The molecule has 3 rings (SSSR count). The average Bonchev–Trinajstić information content (AvgIpc) is 3.06. The number of carbonyl (C=O) groups is 2. The largest absolute Gasteiger partial charge is 0.496 e. The number of carbonyl (C=O) groups excluding carboxylic acids is 2. The van der Waals surface area contributed by atoms with Crippen LogP contribution < -0.4 is 10.1 Å². The van der Waals surface area contributed by atoms with Gasteiger partial charge in [-0.25, -0.2) is 0 Å². The second-order valence-electron chi connectivity index (χ2n) is 8.65. The lowest BCUT2D eigenvalue weighted by molar-refractivity contribution is -0.131. The molecule has 0 radical (unpaired) electrons. The molecule has 1 fully saturated rings. The van der Waals surface area contributed by atoms with Crippen LogP contribution in [0.25, 0.3) is 10.8 Å². The van der Waals surface area contributed by atoms with Crippen molar-refractivity contribution >= 4 is 22.6 Å². The van der Waals surface area contributed by atoms with E-state index in [1.165, 1.54) is 5.56 Å². The SMILES string of the molecule is COc1ccc(CC2(CCC(=O)N(C)CC(C)C)CCC(=O)N2)c2ccccc12. The van der Waals surface area contributed by atoms with E-state index in [9.17, 15) is 9.59 Å². The monoisotopic (exact) mass is 396 g/mol. The van der Waals surface area contributed by atoms with Crippen LogP contribution in [-0.4, -0.2) is 43.0 Å². The van der Waals surface area contributed by atoms with Crippen LogP contribution in [0.2, 0.25) is 0 Å². The second-order valence-corrected chi connectivity index (χ2v) is 8.65. The van der Waals surface area contributed by atoms with Gasteiger partial charge in [-0.1, -0.05) is 44.2 Å². The normalized spacial score (nSPS) is 18.9. The Kier molecular flexibility index (Phi) is 6.46. The van der Waals surface area contributed by atoms with E-state index in [0.29, 0.717) is 31.6 Å². The lowest BCUT2D eigenvalue weighted by atomic mass is 9.83. The third kappa shape index (κ3) is 4.89. The van der Waals surface area contributed by atoms with Crippen LogP contribution in [0, 0.1) is 5.92 Å². The van der Waals surface area contributed by atoms with Crippen molar-refractivity contribution in [2.45, 2.75) is 51.5 Å². The number of nitrogens with one attached hydrogen (secondary N) is 1. The Bertz CT molecular complexity index is 893. The zero-order valence-electron chi connectivity index (χ0n) is 18.0. The Morgan fingerprint density at radius 1 is 1.21 bits per heavy atom. The fraction of sp³-hybridized carbons (Fsp3) is 0.500. The first-order valence-electron chi connectivity index (χ1n) is 10.4. The fourth-order valence-corrected chi connectivity index (χ4v) is 4.40. The van der Waals surface area contributed by atoms with Gasteiger partial charge in [0.1, 0.15) is 5.75 Å². The van der Waals surface area contributed by atoms with Crippen LogP contribution in [0.15, 0.2) is 36.4 Å². The minimum Gasteiger partial charge on any atom is -0.496 e. The molecule has 156 valence electrons. The van der Waals surface area contributed by atoms with Crippen molar-refractivity contribution in [2.75, 3.05) is 20.7 Å². The number of rotatable bonds is 8. The van der Waals surface area contributed by atoms with Gasteiger partial charge >= 0.3 is 0 Å². The maximum absolute atomic E-state index is 12.6. The number of hydrogen-bond acceptors (Lipinski definition) is 3. The van der Waals surface area contributed by atoms with E-state index in [4.69, 9.17) is 4.74 Å². The van der Waals surface area contributed by atoms with Gasteiger partial charge in [-0.05, 0) is 42.2 Å². The van der Waals surface area contributed by atoms with Gasteiger partial charge in [0.25, 0.3) is 0 Å². The van der Waals surface area contributed by atoms with Crippen molar-refractivity contribution in [3.8, 4) is 5.75 Å². The number of hydrogen-bond donors (Lipinski definition) is 1. The average molecular weight is 397 g/mol. The number of nitrogens with zero attached hydrogens (tertiary/aromatic N) is 1. The smallest absolute Gasteiger partial charge is 0.222 e. The summed E-state index contributed by atoms with van der Waals surface area (Å²) < 4.78 is 5.51. The zero-order chi connectivity index (χ0) is 21.0. The maximum Gasteiger partial charge on any atom is 0.222 e. The van der Waals surface area contributed by atoms with Crippen molar-refractivity contribution < 1.29 is 14.3 Å². The Morgan fingerprint density at radius 3 is 2.55 bits per heavy atom. The molecule has 29 heavy (non-hydrogen) atoms. The predicted molar refractivity (Wildman–Crippen MR) is 116 cm³/mol. The molecule has 0 spiro atoms. The van der Waals surface area contributed by atoms with Gasteiger partial charge in [0.05, 0.1) is 7.11 Å². The van der Waals surface area contributed by atoms with Gasteiger partial charge in [0, 0.05) is 37.4 Å². The highest BCUT2D eigenvalue weighted by molar-refractivity contribution is 5.91. The Labute approximate surface area is 173 Å². The molecule has 0 bridgehead atoms. The minimum absolute atomic E-state index is 0.0748. The molecule has 5 nitrogen and oxygen atoms in total. The predicted octanol–water partition coefficient (Wildman–Crippen LogP) is 3.93. The van der Waals surface area contributed by atoms with Crippen molar-refractivity contribution in [3.05, 3.63) is 42.0 Å². The van der Waals surface area contributed by atoms with E-state index in [2.05, 4.69) is 37.4 Å². The fourth-order valence-electron chi connectivity index (χ4n) is 4.40. The van der Waals surface area contributed by atoms with Crippen molar-refractivity contribution in [2.24, 2.45) is 5.92 Å². The number of methoxy groups -OCH3 is 1. The Morgan fingerprint density at radius 2 is 1.93 bits per heavy atom. The molecule has 1 atom stereocenters. The summed E-state index contributed by atoms with van der Waals surface area (Å²) in [7, 11) is 3.54. The molecule has 1 aliphatic rings. The van der Waals surface area contributed by atoms with Gasteiger partial charge in [-0.15, -0.1) is 0 Å². The van der Waals surface area contributed by atoms with Gasteiger partial charge < -0.3 is 15.0 Å². The van der Waals surface area contributed by atoms with E-state index in [1.807, 2.05) is 25.2 Å². The summed E-state index contributed by atoms with van der Waals surface area (Å²) in [5.41, 5.74) is 0.801. The van der Waals surface area contributed by atoms with Gasteiger partial charge in [0.2, 0.25) is 11.8 Å². The van der Waals surface area contributed by atoms with E-state index < -0.39 is 0 Å². The zero-order valence-corrected chi connectivity index (χ0v) is 18.0. The Balaban J connectivity index is 1.82. The maximum atomic E-state index is 12.6. The van der Waals surface area contributed by atoms with Crippen LogP contribution in [0.5, 0.6) is 5.75 Å². The number of fused-ring (bicyclic) bond motifs is 1. The van der Waals surface area contributed by atoms with E-state index >= 15 is 0 Å². The molecule has 1 saturated heterocycles. The highest BCUT2D eigenvalue weighted by atomic mass is 16.5. The van der Waals surface area contributed by atoms with Crippen LogP contribution >= 0.6 is 0 Å². The van der Waals surface area contributed by atoms with E-state index in [0.717, 1.165) is 29.5 Å². The quantitative estimate of drug-likeness (QED) is 0.735. The molecular weight excluding hydrogens is 364 g/mol. The first-order valence-corrected chi connectivity index (χ1v) is 10.4. The molecule has 1 aliphatic heterocycles. The molecule has 2 aromatic carbocycles. The molecule has 0 aromatic heterocycles. The molecule has 0 aliphatic carbocycles. The van der Waals surface area contributed by atoms with Crippen LogP contribution in [-0.2, 0) is 16.0 Å². The van der Waals surface area contributed by atoms with Crippen LogP contribution in [0.3, 0.4) is 0 Å². The molecule has 2 aromatic rings. The highest BCUT2D eigenvalue weighted by Gasteiger charge is 2.38. The summed E-state index contributed by atoms with van der Waals surface area (Å²) in [4.78, 5) is 26.5. The van der Waals surface area contributed by atoms with E-state index in [-0.39, 0.29) is 17.4 Å². The molecule has 0 saturated carbocycles. The number of benzene rings is 2. The molecule has 5 heteroatoms. The second kappa shape index (κ2) is 8.85. The lowest BCUT2D eigenvalue weighted by Crippen LogP contribution is -2.45. The van der Waals surface area contributed by atoms with E-state index in [1.54, 1.807) is 12.0 Å². The van der Waals surface area contributed by atoms with Crippen molar-refractivity contribution in [3.63, 3.8) is 0 Å². The van der Waals surface area contributed by atoms with Crippen molar-refractivity contribution in [1.82, 2.24) is 10.2 Å². The summed E-state index contributed by atoms with van der Waals surface area (Å²) in [5, 5.41) is 5.41. The first-order chi connectivity index (χ1) is 13.8. The molecule has 1 N–H and O–H groups in total. The summed E-state index contributed by atoms with van der Waals surface area (Å²) in [5.74, 6) is 1.50.